The number of carbonyl (C=O) groups excluding carboxylic acids is 1. The summed E-state index contributed by atoms with van der Waals surface area (Å²) in [6.07, 6.45) is 0. The second kappa shape index (κ2) is 12.5. The minimum atomic E-state index is -0.592. The second-order valence-electron chi connectivity index (χ2n) is 8.37. The Hall–Kier alpha value is -5.33. The quantitative estimate of drug-likeness (QED) is 0.194. The second-order valence-corrected chi connectivity index (χ2v) is 8.37. The normalized spacial score (nSPS) is 10.5. The SMILES string of the molecule is COc1ccc(CNc2nc(NCc3ccc(OC)c(OC)c3)n(C(=O)c3cccc([N+](=O)[O-])c3)n2)cc1OC. The Morgan fingerprint density at radius 3 is 1.95 bits per heavy atom. The first-order valence-electron chi connectivity index (χ1n) is 12.0. The van der Waals surface area contributed by atoms with Crippen LogP contribution in [0.3, 0.4) is 0 Å². The van der Waals surface area contributed by atoms with Crippen LogP contribution < -0.4 is 29.6 Å². The third-order valence-electron chi connectivity index (χ3n) is 5.90. The number of rotatable bonds is 12. The summed E-state index contributed by atoms with van der Waals surface area (Å²) in [7, 11) is 6.20. The van der Waals surface area contributed by atoms with Gasteiger partial charge < -0.3 is 29.6 Å². The number of nitrogens with zero attached hydrogens (tertiary/aromatic N) is 4. The van der Waals surface area contributed by atoms with Crippen LogP contribution >= 0.6 is 0 Å². The summed E-state index contributed by atoms with van der Waals surface area (Å²) in [4.78, 5) is 28.5. The van der Waals surface area contributed by atoms with Crippen LogP contribution in [0.1, 0.15) is 21.5 Å². The maximum absolute atomic E-state index is 13.4. The van der Waals surface area contributed by atoms with E-state index < -0.39 is 10.8 Å². The predicted octanol–water partition coefficient (Wildman–Crippen LogP) is 4.13. The van der Waals surface area contributed by atoms with Gasteiger partial charge in [0, 0.05) is 30.8 Å². The molecular weight excluding hydrogens is 520 g/mol. The topological polar surface area (TPSA) is 152 Å². The van der Waals surface area contributed by atoms with E-state index >= 15 is 0 Å². The van der Waals surface area contributed by atoms with Gasteiger partial charge in [0.1, 0.15) is 0 Å². The van der Waals surface area contributed by atoms with E-state index in [0.717, 1.165) is 15.8 Å². The highest BCUT2D eigenvalue weighted by Crippen LogP contribution is 2.29. The zero-order chi connectivity index (χ0) is 28.6. The number of methoxy groups -OCH3 is 4. The fraction of sp³-hybridized carbons (Fsp3) is 0.222. The number of hydrogen-bond acceptors (Lipinski definition) is 11. The number of benzene rings is 3. The van der Waals surface area contributed by atoms with Crippen LogP contribution in [0.25, 0.3) is 0 Å². The highest BCUT2D eigenvalue weighted by atomic mass is 16.6. The molecule has 0 spiro atoms. The van der Waals surface area contributed by atoms with Gasteiger partial charge in [-0.1, -0.05) is 18.2 Å². The summed E-state index contributed by atoms with van der Waals surface area (Å²) in [6, 6.07) is 16.3. The average molecular weight is 549 g/mol. The van der Waals surface area contributed by atoms with E-state index in [-0.39, 0.29) is 29.7 Å². The van der Waals surface area contributed by atoms with E-state index in [2.05, 4.69) is 20.7 Å². The van der Waals surface area contributed by atoms with Crippen LogP contribution in [0, 0.1) is 10.1 Å². The lowest BCUT2D eigenvalue weighted by Crippen LogP contribution is -2.18. The van der Waals surface area contributed by atoms with E-state index in [1.165, 1.54) is 24.3 Å². The maximum Gasteiger partial charge on any atom is 0.281 e. The Balaban J connectivity index is 1.61. The van der Waals surface area contributed by atoms with Gasteiger partial charge in [0.2, 0.25) is 11.9 Å². The molecule has 4 aromatic rings. The fourth-order valence-corrected chi connectivity index (χ4v) is 3.86. The summed E-state index contributed by atoms with van der Waals surface area (Å²) < 4.78 is 22.4. The molecule has 1 aromatic heterocycles. The van der Waals surface area contributed by atoms with Crippen molar-refractivity contribution in [2.24, 2.45) is 0 Å². The summed E-state index contributed by atoms with van der Waals surface area (Å²) in [5, 5.41) is 21.8. The van der Waals surface area contributed by atoms with E-state index in [1.807, 2.05) is 18.2 Å². The molecule has 0 unspecified atom stereocenters. The molecule has 4 rings (SSSR count). The number of anilines is 2. The molecule has 3 aromatic carbocycles. The van der Waals surface area contributed by atoms with Crippen molar-refractivity contribution in [2.45, 2.75) is 13.1 Å². The number of nitro groups is 1. The van der Waals surface area contributed by atoms with Gasteiger partial charge in [-0.25, -0.2) is 0 Å². The molecule has 1 heterocycles. The monoisotopic (exact) mass is 548 g/mol. The first kappa shape index (κ1) is 27.7. The number of ether oxygens (including phenoxy) is 4. The number of carbonyl (C=O) groups is 1. The third-order valence-corrected chi connectivity index (χ3v) is 5.90. The molecule has 0 saturated heterocycles. The average Bonchev–Trinajstić information content (AvgIpc) is 3.41. The smallest absolute Gasteiger partial charge is 0.281 e. The Kier molecular flexibility index (Phi) is 8.64. The number of nitrogens with one attached hydrogen (secondary N) is 2. The highest BCUT2D eigenvalue weighted by Gasteiger charge is 2.20. The maximum atomic E-state index is 13.4. The molecule has 0 atom stereocenters. The van der Waals surface area contributed by atoms with Crippen LogP contribution in [0.15, 0.2) is 60.7 Å². The summed E-state index contributed by atoms with van der Waals surface area (Å²) in [6.45, 7) is 0.598. The lowest BCUT2D eigenvalue weighted by Gasteiger charge is -2.11. The molecule has 0 aliphatic carbocycles. The molecule has 13 heteroatoms. The van der Waals surface area contributed by atoms with Crippen LogP contribution in [0.5, 0.6) is 23.0 Å². The Morgan fingerprint density at radius 1 is 0.825 bits per heavy atom. The van der Waals surface area contributed by atoms with Crippen LogP contribution in [-0.4, -0.2) is 54.0 Å². The number of aromatic nitrogens is 3. The van der Waals surface area contributed by atoms with Gasteiger partial charge in [-0.2, -0.15) is 9.67 Å². The molecule has 0 fully saturated rings. The van der Waals surface area contributed by atoms with E-state index in [4.69, 9.17) is 18.9 Å². The molecule has 0 saturated carbocycles. The fourth-order valence-electron chi connectivity index (χ4n) is 3.86. The van der Waals surface area contributed by atoms with Crippen molar-refractivity contribution in [2.75, 3.05) is 39.1 Å². The Bertz CT molecular complexity index is 1520. The number of nitro benzene ring substituents is 1. The van der Waals surface area contributed by atoms with Gasteiger partial charge in [-0.05, 0) is 41.5 Å². The minimum Gasteiger partial charge on any atom is -0.493 e. The number of hydrogen-bond donors (Lipinski definition) is 2. The van der Waals surface area contributed by atoms with E-state index in [1.54, 1.807) is 46.6 Å². The third kappa shape index (κ3) is 6.20. The highest BCUT2D eigenvalue weighted by molar-refractivity contribution is 5.97. The van der Waals surface area contributed by atoms with Gasteiger partial charge in [0.15, 0.2) is 23.0 Å². The van der Waals surface area contributed by atoms with Gasteiger partial charge in [0.05, 0.1) is 33.4 Å². The van der Waals surface area contributed by atoms with Crippen molar-refractivity contribution < 1.29 is 28.7 Å². The van der Waals surface area contributed by atoms with Gasteiger partial charge in [-0.3, -0.25) is 14.9 Å². The Morgan fingerprint density at radius 2 is 1.40 bits per heavy atom. The van der Waals surface area contributed by atoms with Crippen molar-refractivity contribution in [1.82, 2.24) is 14.8 Å². The number of non-ortho nitro benzene ring substituents is 1. The molecular formula is C27H28N6O7. The summed E-state index contributed by atoms with van der Waals surface area (Å²) >= 11 is 0. The van der Waals surface area contributed by atoms with Crippen molar-refractivity contribution in [3.05, 3.63) is 87.5 Å². The first-order chi connectivity index (χ1) is 19.4. The summed E-state index contributed by atoms with van der Waals surface area (Å²) in [5.74, 6) is 2.01. The Labute approximate surface area is 229 Å². The largest absolute Gasteiger partial charge is 0.493 e. The predicted molar refractivity (Wildman–Crippen MR) is 147 cm³/mol. The lowest BCUT2D eigenvalue weighted by atomic mass is 10.2. The molecule has 2 N–H and O–H groups in total. The van der Waals surface area contributed by atoms with Crippen molar-refractivity contribution in [1.29, 1.82) is 0 Å². The molecule has 0 bridgehead atoms. The molecule has 0 radical (unpaired) electrons. The van der Waals surface area contributed by atoms with Crippen molar-refractivity contribution in [3.63, 3.8) is 0 Å². The van der Waals surface area contributed by atoms with Crippen molar-refractivity contribution in [3.8, 4) is 23.0 Å². The van der Waals surface area contributed by atoms with Crippen LogP contribution in [-0.2, 0) is 13.1 Å². The first-order valence-corrected chi connectivity index (χ1v) is 12.0. The van der Waals surface area contributed by atoms with Gasteiger partial charge >= 0.3 is 0 Å². The molecule has 208 valence electrons. The zero-order valence-corrected chi connectivity index (χ0v) is 22.3. The molecule has 0 amide bonds. The minimum absolute atomic E-state index is 0.0831. The van der Waals surface area contributed by atoms with Crippen molar-refractivity contribution >= 4 is 23.5 Å². The molecule has 40 heavy (non-hydrogen) atoms. The standard InChI is InChI=1S/C27H28N6O7/c1-37-21-10-8-17(12-23(21)39-3)15-28-26-30-27(29-16-18-9-11-22(38-2)24(13-18)40-4)32(31-26)25(34)19-6-5-7-20(14-19)33(35)36/h5-14H,15-16H2,1-4H3,(H2,28,29,30,31). The molecule has 0 aliphatic rings. The summed E-state index contributed by atoms with van der Waals surface area (Å²) in [5.41, 5.74) is 1.56. The van der Waals surface area contributed by atoms with Gasteiger partial charge in [-0.15, -0.1) is 5.10 Å². The van der Waals surface area contributed by atoms with Crippen LogP contribution in [0.2, 0.25) is 0 Å². The van der Waals surface area contributed by atoms with E-state index in [9.17, 15) is 14.9 Å². The molecule has 0 aliphatic heterocycles. The van der Waals surface area contributed by atoms with Gasteiger partial charge in [0.25, 0.3) is 11.6 Å². The zero-order valence-electron chi connectivity index (χ0n) is 22.3. The van der Waals surface area contributed by atoms with E-state index in [0.29, 0.717) is 29.5 Å². The lowest BCUT2D eigenvalue weighted by molar-refractivity contribution is -0.384. The van der Waals surface area contributed by atoms with Crippen LogP contribution in [0.4, 0.5) is 17.6 Å². The molecule has 13 nitrogen and oxygen atoms in total.